The van der Waals surface area contributed by atoms with Crippen LogP contribution in [0, 0.1) is 6.92 Å². The molecule has 0 aliphatic carbocycles. The Morgan fingerprint density at radius 1 is 1.53 bits per heavy atom. The summed E-state index contributed by atoms with van der Waals surface area (Å²) < 4.78 is 4.94. The third-order valence-electron chi connectivity index (χ3n) is 1.68. The van der Waals surface area contributed by atoms with Crippen LogP contribution in [0.15, 0.2) is 30.3 Å². The second-order valence-electron chi connectivity index (χ2n) is 2.95. The molecule has 1 amide bonds. The molecule has 1 rings (SSSR count). The van der Waals surface area contributed by atoms with Crippen LogP contribution in [-0.4, -0.2) is 17.5 Å². The SMILES string of the molecule is [CH2]C(C=S)NC(=O)OCc1ccccc1. The highest BCUT2D eigenvalue weighted by molar-refractivity contribution is 7.79. The van der Waals surface area contributed by atoms with E-state index in [1.165, 1.54) is 5.37 Å². The van der Waals surface area contributed by atoms with E-state index >= 15 is 0 Å². The van der Waals surface area contributed by atoms with Crippen molar-refractivity contribution in [2.45, 2.75) is 12.6 Å². The topological polar surface area (TPSA) is 38.3 Å². The Morgan fingerprint density at radius 3 is 2.80 bits per heavy atom. The Hall–Kier alpha value is -1.42. The van der Waals surface area contributed by atoms with Crippen LogP contribution in [0.1, 0.15) is 5.56 Å². The average molecular weight is 222 g/mol. The van der Waals surface area contributed by atoms with Gasteiger partial charge in [-0.2, -0.15) is 0 Å². The molecule has 1 N–H and O–H groups in total. The minimum absolute atomic E-state index is 0.247. The summed E-state index contributed by atoms with van der Waals surface area (Å²) in [4.78, 5) is 11.1. The molecule has 1 aromatic rings. The summed E-state index contributed by atoms with van der Waals surface area (Å²) in [7, 11) is 0. The van der Waals surface area contributed by atoms with Gasteiger partial charge in [-0.05, 0) is 12.5 Å². The van der Waals surface area contributed by atoms with Crippen molar-refractivity contribution in [3.63, 3.8) is 0 Å². The number of carbonyl (C=O) groups is 1. The van der Waals surface area contributed by atoms with Gasteiger partial charge in [0, 0.05) is 5.37 Å². The maximum atomic E-state index is 11.1. The molecular formula is C11H12NO2S. The van der Waals surface area contributed by atoms with E-state index in [1.54, 1.807) is 0 Å². The number of ether oxygens (including phenoxy) is 1. The Morgan fingerprint density at radius 2 is 2.20 bits per heavy atom. The fourth-order valence-corrected chi connectivity index (χ4v) is 1.02. The minimum Gasteiger partial charge on any atom is -0.445 e. The molecule has 79 valence electrons. The molecule has 1 aromatic carbocycles. The lowest BCUT2D eigenvalue weighted by Gasteiger charge is -2.09. The van der Waals surface area contributed by atoms with Gasteiger partial charge < -0.3 is 10.1 Å². The number of hydrogen-bond acceptors (Lipinski definition) is 3. The zero-order valence-corrected chi connectivity index (χ0v) is 9.00. The molecule has 0 bridgehead atoms. The number of rotatable bonds is 4. The van der Waals surface area contributed by atoms with Crippen LogP contribution in [-0.2, 0) is 11.3 Å². The molecule has 0 aromatic heterocycles. The molecule has 15 heavy (non-hydrogen) atoms. The molecule has 0 aliphatic rings. The Bertz CT molecular complexity index is 327. The number of benzene rings is 1. The third kappa shape index (κ3) is 4.56. The van der Waals surface area contributed by atoms with Gasteiger partial charge in [0.1, 0.15) is 6.61 Å². The minimum atomic E-state index is -0.514. The van der Waals surface area contributed by atoms with Gasteiger partial charge >= 0.3 is 6.09 Å². The van der Waals surface area contributed by atoms with E-state index in [0.29, 0.717) is 0 Å². The fraction of sp³-hybridized carbons (Fsp3) is 0.182. The van der Waals surface area contributed by atoms with Crippen LogP contribution < -0.4 is 5.32 Å². The summed E-state index contributed by atoms with van der Waals surface area (Å²) in [5.74, 6) is 0. The lowest BCUT2D eigenvalue weighted by atomic mass is 10.2. The van der Waals surface area contributed by atoms with Crippen molar-refractivity contribution < 1.29 is 9.53 Å². The normalized spacial score (nSPS) is 11.5. The van der Waals surface area contributed by atoms with Crippen LogP contribution >= 0.6 is 12.2 Å². The van der Waals surface area contributed by atoms with Crippen LogP contribution in [0.5, 0.6) is 0 Å². The second kappa shape index (κ2) is 6.14. The largest absolute Gasteiger partial charge is 0.445 e. The smallest absolute Gasteiger partial charge is 0.407 e. The van der Waals surface area contributed by atoms with E-state index in [1.807, 2.05) is 30.3 Å². The summed E-state index contributed by atoms with van der Waals surface area (Å²) in [5, 5.41) is 3.83. The van der Waals surface area contributed by atoms with Crippen molar-refractivity contribution in [1.29, 1.82) is 0 Å². The Balaban J connectivity index is 2.31. The summed E-state index contributed by atoms with van der Waals surface area (Å²) in [6.07, 6.45) is -0.514. The maximum absolute atomic E-state index is 11.1. The molecule has 0 saturated heterocycles. The van der Waals surface area contributed by atoms with Crippen molar-refractivity contribution >= 4 is 23.7 Å². The summed E-state index contributed by atoms with van der Waals surface area (Å²) in [5.41, 5.74) is 0.940. The highest BCUT2D eigenvalue weighted by Crippen LogP contribution is 2.00. The average Bonchev–Trinajstić information content (AvgIpc) is 2.27. The molecule has 4 heteroatoms. The predicted octanol–water partition coefficient (Wildman–Crippen LogP) is 2.12. The molecule has 1 radical (unpaired) electrons. The van der Waals surface area contributed by atoms with Crippen LogP contribution in [0.2, 0.25) is 0 Å². The lowest BCUT2D eigenvalue weighted by Crippen LogP contribution is -2.33. The zero-order chi connectivity index (χ0) is 11.1. The van der Waals surface area contributed by atoms with Crippen LogP contribution in [0.4, 0.5) is 4.79 Å². The quantitative estimate of drug-likeness (QED) is 0.793. The van der Waals surface area contributed by atoms with Crippen molar-refractivity contribution in [3.8, 4) is 0 Å². The number of carbonyl (C=O) groups excluding carboxylic acids is 1. The maximum Gasteiger partial charge on any atom is 0.407 e. The number of nitrogens with one attached hydrogen (secondary N) is 1. The van der Waals surface area contributed by atoms with Crippen molar-refractivity contribution in [2.75, 3.05) is 0 Å². The first kappa shape index (κ1) is 11.7. The van der Waals surface area contributed by atoms with E-state index in [2.05, 4.69) is 24.5 Å². The summed E-state index contributed by atoms with van der Waals surface area (Å²) in [6, 6.07) is 9.04. The van der Waals surface area contributed by atoms with E-state index in [4.69, 9.17) is 4.74 Å². The molecule has 1 atom stereocenters. The number of thiocarbonyl (C=S) groups is 1. The monoisotopic (exact) mass is 222 g/mol. The zero-order valence-electron chi connectivity index (χ0n) is 8.18. The molecule has 0 saturated carbocycles. The standard InChI is InChI=1S/C11H12NO2S/c1-9(8-15)12-11(13)14-7-10-5-3-2-4-6-10/h2-6,8-9H,1,7H2,(H,12,13). The predicted molar refractivity (Wildman–Crippen MR) is 62.6 cm³/mol. The molecule has 0 aliphatic heterocycles. The highest BCUT2D eigenvalue weighted by Gasteiger charge is 2.05. The number of hydrogen-bond donors (Lipinski definition) is 1. The summed E-state index contributed by atoms with van der Waals surface area (Å²) >= 11 is 4.61. The summed E-state index contributed by atoms with van der Waals surface area (Å²) in [6.45, 7) is 3.83. The highest BCUT2D eigenvalue weighted by atomic mass is 32.1. The molecule has 0 heterocycles. The van der Waals surface area contributed by atoms with Gasteiger partial charge in [-0.3, -0.25) is 0 Å². The van der Waals surface area contributed by atoms with Gasteiger partial charge in [-0.15, -0.1) is 0 Å². The van der Waals surface area contributed by atoms with E-state index in [-0.39, 0.29) is 6.61 Å². The second-order valence-corrected chi connectivity index (χ2v) is 3.22. The van der Waals surface area contributed by atoms with Crippen molar-refractivity contribution in [1.82, 2.24) is 5.32 Å². The number of amides is 1. The van der Waals surface area contributed by atoms with Gasteiger partial charge in [0.15, 0.2) is 0 Å². The molecule has 0 spiro atoms. The van der Waals surface area contributed by atoms with Gasteiger partial charge in [-0.1, -0.05) is 42.5 Å². The van der Waals surface area contributed by atoms with E-state index in [0.717, 1.165) is 5.56 Å². The molecule has 0 fully saturated rings. The van der Waals surface area contributed by atoms with Crippen molar-refractivity contribution in [3.05, 3.63) is 42.8 Å². The van der Waals surface area contributed by atoms with Gasteiger partial charge in [-0.25, -0.2) is 4.79 Å². The van der Waals surface area contributed by atoms with E-state index in [9.17, 15) is 4.79 Å². The lowest BCUT2D eigenvalue weighted by molar-refractivity contribution is 0.139. The van der Waals surface area contributed by atoms with Gasteiger partial charge in [0.2, 0.25) is 0 Å². The molecular weight excluding hydrogens is 210 g/mol. The Labute approximate surface area is 94.4 Å². The Kier molecular flexibility index (Phi) is 4.77. The fourth-order valence-electron chi connectivity index (χ4n) is 0.950. The third-order valence-corrected chi connectivity index (χ3v) is 2.01. The number of alkyl carbamates (subject to hydrolysis) is 1. The van der Waals surface area contributed by atoms with Gasteiger partial charge in [0.05, 0.1) is 6.04 Å². The van der Waals surface area contributed by atoms with Crippen LogP contribution in [0.3, 0.4) is 0 Å². The molecule has 3 nitrogen and oxygen atoms in total. The van der Waals surface area contributed by atoms with Crippen molar-refractivity contribution in [2.24, 2.45) is 0 Å². The first-order valence-corrected chi connectivity index (χ1v) is 4.95. The molecule has 1 unspecified atom stereocenters. The first-order valence-electron chi connectivity index (χ1n) is 4.48. The van der Waals surface area contributed by atoms with Crippen LogP contribution in [0.25, 0.3) is 0 Å². The van der Waals surface area contributed by atoms with E-state index < -0.39 is 12.1 Å². The first-order chi connectivity index (χ1) is 7.22. The van der Waals surface area contributed by atoms with Gasteiger partial charge in [0.25, 0.3) is 0 Å².